The van der Waals surface area contributed by atoms with Gasteiger partial charge in [0.25, 0.3) is 5.91 Å². The molecule has 3 aromatic rings. The van der Waals surface area contributed by atoms with Crippen LogP contribution in [0.3, 0.4) is 0 Å². The van der Waals surface area contributed by atoms with Crippen LogP contribution in [-0.2, 0) is 0 Å². The molecule has 0 unspecified atom stereocenters. The summed E-state index contributed by atoms with van der Waals surface area (Å²) in [4.78, 5) is 12.1. The first-order chi connectivity index (χ1) is 12.2. The lowest BCUT2D eigenvalue weighted by molar-refractivity contribution is 0.0950. The molecule has 2 aromatic carbocycles. The molecule has 0 fully saturated rings. The summed E-state index contributed by atoms with van der Waals surface area (Å²) in [7, 11) is 1.61. The summed E-state index contributed by atoms with van der Waals surface area (Å²) < 4.78 is 6.07. The molecule has 0 spiro atoms. The van der Waals surface area contributed by atoms with Crippen LogP contribution < -0.4 is 10.2 Å². The molecule has 1 amide bonds. The smallest absolute Gasteiger partial charge is 0.289 e. The topological polar surface area (TPSA) is 79.4 Å². The second-order valence-electron chi connectivity index (χ2n) is 5.15. The van der Waals surface area contributed by atoms with Gasteiger partial charge >= 0.3 is 0 Å². The largest absolute Gasteiger partial charge is 0.497 e. The summed E-state index contributed by atoms with van der Waals surface area (Å²) in [6.45, 7) is 0. The zero-order valence-corrected chi connectivity index (χ0v) is 14.9. The molecule has 1 aromatic heterocycles. The predicted octanol–water partition coefficient (Wildman–Crippen LogP) is 3.61. The average Bonchev–Trinajstić information content (AvgIpc) is 3.12. The third kappa shape index (κ3) is 4.33. The number of nitrogens with zero attached hydrogens (tertiary/aromatic N) is 2. The Labute approximate surface area is 153 Å². The first-order valence-electron chi connectivity index (χ1n) is 7.44. The second kappa shape index (κ2) is 7.76. The number of H-pyrrole nitrogens is 1. The van der Waals surface area contributed by atoms with Crippen LogP contribution in [-0.4, -0.2) is 29.4 Å². The molecule has 0 saturated carbocycles. The number of ether oxygens (including phenoxy) is 1. The molecule has 7 heteroatoms. The Morgan fingerprint density at radius 3 is 2.76 bits per heavy atom. The van der Waals surface area contributed by atoms with Crippen LogP contribution in [0.4, 0.5) is 0 Å². The first kappa shape index (κ1) is 16.9. The lowest BCUT2D eigenvalue weighted by Crippen LogP contribution is -2.17. The highest BCUT2D eigenvalue weighted by Gasteiger charge is 2.10. The quantitative estimate of drug-likeness (QED) is 0.508. The van der Waals surface area contributed by atoms with Gasteiger partial charge in [0.1, 0.15) is 11.4 Å². The lowest BCUT2D eigenvalue weighted by atomic mass is 10.1. The molecule has 0 aliphatic heterocycles. The normalized spacial score (nSPS) is 10.8. The number of carbonyl (C=O) groups is 1. The van der Waals surface area contributed by atoms with E-state index < -0.39 is 0 Å². The minimum atomic E-state index is -0.362. The van der Waals surface area contributed by atoms with E-state index in [0.29, 0.717) is 11.4 Å². The molecule has 0 bridgehead atoms. The number of nitrogens with one attached hydrogen (secondary N) is 2. The highest BCUT2D eigenvalue weighted by molar-refractivity contribution is 9.10. The average molecular weight is 399 g/mol. The second-order valence-corrected chi connectivity index (χ2v) is 6.07. The molecule has 0 radical (unpaired) electrons. The Kier molecular flexibility index (Phi) is 5.25. The molecule has 2 N–H and O–H groups in total. The number of halogens is 1. The lowest BCUT2D eigenvalue weighted by Gasteiger charge is -2.00. The summed E-state index contributed by atoms with van der Waals surface area (Å²) >= 11 is 3.38. The molecule has 3 rings (SSSR count). The van der Waals surface area contributed by atoms with Crippen LogP contribution in [0, 0.1) is 0 Å². The van der Waals surface area contributed by atoms with Crippen molar-refractivity contribution in [3.8, 4) is 17.0 Å². The van der Waals surface area contributed by atoms with Gasteiger partial charge in [-0.15, -0.1) is 0 Å². The van der Waals surface area contributed by atoms with Gasteiger partial charge in [-0.1, -0.05) is 28.1 Å². The van der Waals surface area contributed by atoms with E-state index in [4.69, 9.17) is 4.74 Å². The molecule has 0 aliphatic rings. The van der Waals surface area contributed by atoms with Crippen molar-refractivity contribution in [2.45, 2.75) is 0 Å². The van der Waals surface area contributed by atoms with E-state index in [1.165, 1.54) is 0 Å². The van der Waals surface area contributed by atoms with Crippen molar-refractivity contribution in [3.63, 3.8) is 0 Å². The van der Waals surface area contributed by atoms with Gasteiger partial charge in [0.05, 0.1) is 19.0 Å². The third-order valence-corrected chi connectivity index (χ3v) is 3.93. The van der Waals surface area contributed by atoms with Gasteiger partial charge < -0.3 is 4.74 Å². The summed E-state index contributed by atoms with van der Waals surface area (Å²) in [6.07, 6.45) is 1.57. The molecule has 1 heterocycles. The Balaban J connectivity index is 1.66. The van der Waals surface area contributed by atoms with Crippen molar-refractivity contribution in [1.29, 1.82) is 0 Å². The van der Waals surface area contributed by atoms with Crippen LogP contribution in [0.15, 0.2) is 64.2 Å². The molecule has 126 valence electrons. The monoisotopic (exact) mass is 398 g/mol. The molecule has 0 atom stereocenters. The van der Waals surface area contributed by atoms with Crippen LogP contribution in [0.25, 0.3) is 11.3 Å². The zero-order valence-electron chi connectivity index (χ0n) is 13.4. The van der Waals surface area contributed by atoms with Crippen LogP contribution >= 0.6 is 15.9 Å². The number of benzene rings is 2. The summed E-state index contributed by atoms with van der Waals surface area (Å²) in [5.41, 5.74) is 5.23. The Hall–Kier alpha value is -2.93. The molecule has 25 heavy (non-hydrogen) atoms. The standard InChI is InChI=1S/C18H15BrN4O2/c1-25-15-7-5-13(6-8-15)16-10-17(22-21-16)18(24)23-20-11-12-3-2-4-14(19)9-12/h2-11H,1H3,(H,21,22)(H,23,24)/b20-11+. The van der Waals surface area contributed by atoms with Gasteiger partial charge in [-0.3, -0.25) is 9.89 Å². The van der Waals surface area contributed by atoms with E-state index in [9.17, 15) is 4.79 Å². The van der Waals surface area contributed by atoms with Gasteiger partial charge in [0.15, 0.2) is 0 Å². The van der Waals surface area contributed by atoms with E-state index in [1.807, 2.05) is 48.5 Å². The van der Waals surface area contributed by atoms with Crippen molar-refractivity contribution < 1.29 is 9.53 Å². The minimum Gasteiger partial charge on any atom is -0.497 e. The van der Waals surface area contributed by atoms with Crippen molar-refractivity contribution in [3.05, 3.63) is 70.3 Å². The maximum absolute atomic E-state index is 12.1. The van der Waals surface area contributed by atoms with Crippen LogP contribution in [0.2, 0.25) is 0 Å². The maximum atomic E-state index is 12.1. The summed E-state index contributed by atoms with van der Waals surface area (Å²) in [5, 5.41) is 10.8. The number of hydrogen-bond acceptors (Lipinski definition) is 4. The first-order valence-corrected chi connectivity index (χ1v) is 8.24. The third-order valence-electron chi connectivity index (χ3n) is 3.44. The number of methoxy groups -OCH3 is 1. The Morgan fingerprint density at radius 1 is 1.24 bits per heavy atom. The van der Waals surface area contributed by atoms with Crippen molar-refractivity contribution in [2.24, 2.45) is 5.10 Å². The Morgan fingerprint density at radius 2 is 2.04 bits per heavy atom. The highest BCUT2D eigenvalue weighted by Crippen LogP contribution is 2.21. The van der Waals surface area contributed by atoms with Gasteiger partial charge in [-0.05, 0) is 48.0 Å². The number of hydrazone groups is 1. The van der Waals surface area contributed by atoms with E-state index >= 15 is 0 Å². The number of aromatic nitrogens is 2. The van der Waals surface area contributed by atoms with Gasteiger partial charge in [0, 0.05) is 10.0 Å². The van der Waals surface area contributed by atoms with Gasteiger partial charge in [-0.25, -0.2) is 5.43 Å². The summed E-state index contributed by atoms with van der Waals surface area (Å²) in [6, 6.07) is 16.7. The van der Waals surface area contributed by atoms with E-state index in [0.717, 1.165) is 21.3 Å². The van der Waals surface area contributed by atoms with E-state index in [-0.39, 0.29) is 5.91 Å². The van der Waals surface area contributed by atoms with Crippen molar-refractivity contribution in [2.75, 3.05) is 7.11 Å². The summed E-state index contributed by atoms with van der Waals surface area (Å²) in [5.74, 6) is 0.401. The maximum Gasteiger partial charge on any atom is 0.289 e. The zero-order chi connectivity index (χ0) is 17.6. The number of amides is 1. The fraction of sp³-hybridized carbons (Fsp3) is 0.0556. The fourth-order valence-corrected chi connectivity index (χ4v) is 2.58. The predicted molar refractivity (Wildman–Crippen MR) is 99.8 cm³/mol. The van der Waals surface area contributed by atoms with Crippen molar-refractivity contribution in [1.82, 2.24) is 15.6 Å². The van der Waals surface area contributed by atoms with Crippen molar-refractivity contribution >= 4 is 28.1 Å². The highest BCUT2D eigenvalue weighted by atomic mass is 79.9. The number of rotatable bonds is 5. The van der Waals surface area contributed by atoms with E-state index in [2.05, 4.69) is 36.7 Å². The van der Waals surface area contributed by atoms with Gasteiger partial charge in [0.2, 0.25) is 0 Å². The van der Waals surface area contributed by atoms with Crippen LogP contribution in [0.5, 0.6) is 5.75 Å². The molecular formula is C18H15BrN4O2. The SMILES string of the molecule is COc1ccc(-c2cc(C(=O)N/N=C/c3cccc(Br)c3)[nH]n2)cc1. The van der Waals surface area contributed by atoms with Gasteiger partial charge in [-0.2, -0.15) is 10.2 Å². The number of aromatic amines is 1. The Bertz CT molecular complexity index is 903. The molecular weight excluding hydrogens is 384 g/mol. The minimum absolute atomic E-state index is 0.331. The fourth-order valence-electron chi connectivity index (χ4n) is 2.16. The number of hydrogen-bond donors (Lipinski definition) is 2. The van der Waals surface area contributed by atoms with E-state index in [1.54, 1.807) is 19.4 Å². The number of carbonyl (C=O) groups excluding carboxylic acids is 1. The van der Waals surface area contributed by atoms with Crippen LogP contribution in [0.1, 0.15) is 16.1 Å². The molecule has 0 aliphatic carbocycles. The molecule has 0 saturated heterocycles. The molecule has 6 nitrogen and oxygen atoms in total.